The van der Waals surface area contributed by atoms with Crippen LogP contribution in [0, 0.1) is 0 Å². The van der Waals surface area contributed by atoms with Crippen LogP contribution < -0.4 is 0 Å². The molecule has 0 aliphatic heterocycles. The van der Waals surface area contributed by atoms with E-state index in [1.54, 1.807) is 19.9 Å². The average Bonchev–Trinajstić information content (AvgIpc) is 2.52. The van der Waals surface area contributed by atoms with Gasteiger partial charge in [-0.3, -0.25) is 0 Å². The summed E-state index contributed by atoms with van der Waals surface area (Å²) in [7, 11) is 0.882. The molecule has 0 amide bonds. The summed E-state index contributed by atoms with van der Waals surface area (Å²) < 4.78 is 123. The standard InChI is InChI=1S/C17H19F9O/c1-10(2)11-7-5-6-8-12(11)13(3,27-4)9-14(18,19)15(20,21)16(22,23)17(24,25)26/h5-8,10H,9H2,1-4H3. The highest BCUT2D eigenvalue weighted by atomic mass is 19.4. The second-order valence-corrected chi connectivity index (χ2v) is 6.70. The number of methoxy groups -OCH3 is 1. The van der Waals surface area contributed by atoms with Crippen LogP contribution in [-0.2, 0) is 10.3 Å². The van der Waals surface area contributed by atoms with Crippen LogP contribution in [0.3, 0.4) is 0 Å². The quantitative estimate of drug-likeness (QED) is 0.465. The molecule has 1 aromatic rings. The summed E-state index contributed by atoms with van der Waals surface area (Å²) >= 11 is 0. The molecule has 1 nitrogen and oxygen atoms in total. The minimum absolute atomic E-state index is 0.00620. The van der Waals surface area contributed by atoms with E-state index in [1.807, 2.05) is 0 Å². The van der Waals surface area contributed by atoms with Crippen LogP contribution in [0.15, 0.2) is 24.3 Å². The number of hydrogen-bond acceptors (Lipinski definition) is 1. The first kappa shape index (κ1) is 23.6. The van der Waals surface area contributed by atoms with Gasteiger partial charge < -0.3 is 4.74 Å². The Labute approximate surface area is 150 Å². The van der Waals surface area contributed by atoms with Gasteiger partial charge in [0.2, 0.25) is 0 Å². The summed E-state index contributed by atoms with van der Waals surface area (Å²) in [6, 6.07) is 5.70. The van der Waals surface area contributed by atoms with Gasteiger partial charge in [-0.15, -0.1) is 0 Å². The Morgan fingerprint density at radius 3 is 1.74 bits per heavy atom. The number of alkyl halides is 9. The minimum atomic E-state index is -6.92. The van der Waals surface area contributed by atoms with E-state index in [9.17, 15) is 39.5 Å². The summed E-state index contributed by atoms with van der Waals surface area (Å²) in [6.45, 7) is 4.27. The maximum atomic E-state index is 14.1. The summed E-state index contributed by atoms with van der Waals surface area (Å²) in [6.07, 6.45) is -8.93. The number of hydrogen-bond donors (Lipinski definition) is 0. The smallest absolute Gasteiger partial charge is 0.374 e. The first-order valence-electron chi connectivity index (χ1n) is 7.79. The third kappa shape index (κ3) is 4.05. The summed E-state index contributed by atoms with van der Waals surface area (Å²) in [4.78, 5) is 0. The van der Waals surface area contributed by atoms with E-state index < -0.39 is 36.0 Å². The van der Waals surface area contributed by atoms with Crippen molar-refractivity contribution in [1.29, 1.82) is 0 Å². The van der Waals surface area contributed by atoms with Crippen molar-refractivity contribution in [2.24, 2.45) is 0 Å². The third-order valence-electron chi connectivity index (χ3n) is 4.37. The molecule has 0 aliphatic rings. The van der Waals surface area contributed by atoms with E-state index in [2.05, 4.69) is 0 Å². The molecule has 156 valence electrons. The monoisotopic (exact) mass is 410 g/mol. The second-order valence-electron chi connectivity index (χ2n) is 6.70. The molecule has 0 spiro atoms. The molecule has 0 aliphatic carbocycles. The van der Waals surface area contributed by atoms with Gasteiger partial charge in [0.15, 0.2) is 0 Å². The van der Waals surface area contributed by atoms with E-state index >= 15 is 0 Å². The van der Waals surface area contributed by atoms with E-state index in [1.165, 1.54) is 18.2 Å². The Bertz CT molecular complexity index is 652. The molecule has 27 heavy (non-hydrogen) atoms. The fourth-order valence-electron chi connectivity index (χ4n) is 2.70. The van der Waals surface area contributed by atoms with Crippen LogP contribution >= 0.6 is 0 Å². The molecule has 1 rings (SSSR count). The second kappa shape index (κ2) is 7.18. The van der Waals surface area contributed by atoms with Crippen LogP contribution in [0.1, 0.15) is 44.2 Å². The normalized spacial score (nSPS) is 16.5. The minimum Gasteiger partial charge on any atom is -0.374 e. The molecule has 0 saturated carbocycles. The first-order valence-corrected chi connectivity index (χ1v) is 7.79. The highest BCUT2D eigenvalue weighted by Crippen LogP contribution is 2.56. The molecule has 1 unspecified atom stereocenters. The molecule has 10 heteroatoms. The van der Waals surface area contributed by atoms with E-state index in [0.717, 1.165) is 14.0 Å². The molecule has 0 radical (unpaired) electrons. The van der Waals surface area contributed by atoms with E-state index in [-0.39, 0.29) is 11.5 Å². The van der Waals surface area contributed by atoms with Crippen molar-refractivity contribution in [1.82, 2.24) is 0 Å². The molecular formula is C17H19F9O. The highest BCUT2D eigenvalue weighted by Gasteiger charge is 2.82. The lowest BCUT2D eigenvalue weighted by Gasteiger charge is -2.39. The van der Waals surface area contributed by atoms with Gasteiger partial charge in [-0.2, -0.15) is 39.5 Å². The SMILES string of the molecule is COC(C)(CC(F)(F)C(F)(F)C(F)(F)C(F)(F)F)c1ccccc1C(C)C. The predicted octanol–water partition coefficient (Wildman–Crippen LogP) is 6.53. The van der Waals surface area contributed by atoms with Crippen molar-refractivity contribution in [3.8, 4) is 0 Å². The molecule has 0 saturated heterocycles. The summed E-state index contributed by atoms with van der Waals surface area (Å²) in [5, 5.41) is 0. The van der Waals surface area contributed by atoms with Crippen molar-refractivity contribution in [3.05, 3.63) is 35.4 Å². The summed E-state index contributed by atoms with van der Waals surface area (Å²) in [5.41, 5.74) is -1.84. The highest BCUT2D eigenvalue weighted by molar-refractivity contribution is 5.35. The van der Waals surface area contributed by atoms with Crippen LogP contribution in [-0.4, -0.2) is 31.1 Å². The Hall–Kier alpha value is -1.45. The zero-order chi connectivity index (χ0) is 21.5. The van der Waals surface area contributed by atoms with E-state index in [4.69, 9.17) is 4.74 Å². The molecule has 0 heterocycles. The number of halogens is 9. The Morgan fingerprint density at radius 2 is 1.33 bits per heavy atom. The van der Waals surface area contributed by atoms with Gasteiger partial charge in [-0.05, 0) is 24.0 Å². The van der Waals surface area contributed by atoms with Crippen LogP contribution in [0.25, 0.3) is 0 Å². The molecule has 1 atom stereocenters. The lowest BCUT2D eigenvalue weighted by molar-refractivity contribution is -0.400. The van der Waals surface area contributed by atoms with Crippen molar-refractivity contribution in [2.75, 3.05) is 7.11 Å². The van der Waals surface area contributed by atoms with Crippen molar-refractivity contribution >= 4 is 0 Å². The van der Waals surface area contributed by atoms with Crippen molar-refractivity contribution in [3.63, 3.8) is 0 Å². The van der Waals surface area contributed by atoms with Gasteiger partial charge >= 0.3 is 23.9 Å². The third-order valence-corrected chi connectivity index (χ3v) is 4.37. The number of rotatable bonds is 7. The van der Waals surface area contributed by atoms with Gasteiger partial charge in [0.1, 0.15) is 0 Å². The molecular weight excluding hydrogens is 391 g/mol. The Balaban J connectivity index is 3.45. The van der Waals surface area contributed by atoms with E-state index in [0.29, 0.717) is 5.56 Å². The van der Waals surface area contributed by atoms with Crippen LogP contribution in [0.2, 0.25) is 0 Å². The predicted molar refractivity (Wildman–Crippen MR) is 80.4 cm³/mol. The fraction of sp³-hybridized carbons (Fsp3) is 0.647. The summed E-state index contributed by atoms with van der Waals surface area (Å²) in [5.74, 6) is -19.6. The lowest BCUT2D eigenvalue weighted by Crippen LogP contribution is -2.62. The molecule has 0 N–H and O–H groups in total. The molecule has 1 aromatic carbocycles. The molecule has 0 aromatic heterocycles. The largest absolute Gasteiger partial charge is 0.460 e. The zero-order valence-corrected chi connectivity index (χ0v) is 14.9. The number of ether oxygens (including phenoxy) is 1. The Morgan fingerprint density at radius 1 is 0.852 bits per heavy atom. The van der Waals surface area contributed by atoms with Crippen LogP contribution in [0.5, 0.6) is 0 Å². The van der Waals surface area contributed by atoms with Crippen molar-refractivity contribution < 1.29 is 44.3 Å². The topological polar surface area (TPSA) is 9.23 Å². The Kier molecular flexibility index (Phi) is 6.27. The van der Waals surface area contributed by atoms with Gasteiger partial charge in [0.05, 0.1) is 12.0 Å². The zero-order valence-electron chi connectivity index (χ0n) is 14.9. The maximum absolute atomic E-state index is 14.1. The first-order chi connectivity index (χ1) is 11.9. The van der Waals surface area contributed by atoms with Gasteiger partial charge in [0.25, 0.3) is 0 Å². The van der Waals surface area contributed by atoms with Gasteiger partial charge in [0, 0.05) is 7.11 Å². The van der Waals surface area contributed by atoms with Crippen molar-refractivity contribution in [2.45, 2.75) is 62.7 Å². The molecule has 0 bridgehead atoms. The molecule has 0 fully saturated rings. The van der Waals surface area contributed by atoms with Gasteiger partial charge in [-0.25, -0.2) is 0 Å². The number of benzene rings is 1. The van der Waals surface area contributed by atoms with Gasteiger partial charge in [-0.1, -0.05) is 38.1 Å². The average molecular weight is 410 g/mol. The maximum Gasteiger partial charge on any atom is 0.460 e. The fourth-order valence-corrected chi connectivity index (χ4v) is 2.70. The lowest BCUT2D eigenvalue weighted by atomic mass is 9.81. The van der Waals surface area contributed by atoms with Crippen LogP contribution in [0.4, 0.5) is 39.5 Å².